The molecule has 0 radical (unpaired) electrons. The Kier molecular flexibility index (Phi) is 2.45. The standard InChI is InChI=1S/C12H9N5O2/c1-17-9-5-3-2-4-7(9)6-8(12(17)19)10(18)11-13-15-16-14-11/h2-6H,1H3,(H,13,14,15,16). The van der Waals surface area contributed by atoms with E-state index in [-0.39, 0.29) is 16.9 Å². The third-order valence-electron chi connectivity index (χ3n) is 2.94. The molecule has 0 spiro atoms. The summed E-state index contributed by atoms with van der Waals surface area (Å²) >= 11 is 0. The largest absolute Gasteiger partial charge is 0.311 e. The van der Waals surface area contributed by atoms with Crippen LogP contribution in [-0.4, -0.2) is 31.0 Å². The number of tetrazole rings is 1. The number of nitrogens with zero attached hydrogens (tertiary/aromatic N) is 4. The molecule has 0 unspecified atom stereocenters. The first kappa shape index (κ1) is 11.3. The maximum absolute atomic E-state index is 12.2. The number of nitrogens with one attached hydrogen (secondary N) is 1. The number of carbonyl (C=O) groups excluding carboxylic acids is 1. The summed E-state index contributed by atoms with van der Waals surface area (Å²) in [4.78, 5) is 24.3. The lowest BCUT2D eigenvalue weighted by Gasteiger charge is -2.06. The van der Waals surface area contributed by atoms with E-state index in [1.165, 1.54) is 4.57 Å². The normalized spacial score (nSPS) is 10.8. The number of hydrogen-bond acceptors (Lipinski definition) is 5. The van der Waals surface area contributed by atoms with Crippen molar-refractivity contribution in [3.63, 3.8) is 0 Å². The maximum Gasteiger partial charge on any atom is 0.262 e. The Hall–Kier alpha value is -2.83. The second-order valence-corrected chi connectivity index (χ2v) is 4.06. The summed E-state index contributed by atoms with van der Waals surface area (Å²) in [5.74, 6) is -0.566. The fourth-order valence-electron chi connectivity index (χ4n) is 1.97. The van der Waals surface area contributed by atoms with Crippen LogP contribution < -0.4 is 5.56 Å². The predicted molar refractivity (Wildman–Crippen MR) is 66.8 cm³/mol. The van der Waals surface area contributed by atoms with Gasteiger partial charge >= 0.3 is 0 Å². The van der Waals surface area contributed by atoms with E-state index in [4.69, 9.17) is 0 Å². The van der Waals surface area contributed by atoms with Gasteiger partial charge < -0.3 is 4.57 Å². The molecule has 0 amide bonds. The molecule has 2 aromatic heterocycles. The first-order valence-corrected chi connectivity index (χ1v) is 5.55. The van der Waals surface area contributed by atoms with Crippen LogP contribution in [0.15, 0.2) is 35.1 Å². The van der Waals surface area contributed by atoms with Gasteiger partial charge in [0.2, 0.25) is 11.6 Å². The Labute approximate surface area is 106 Å². The summed E-state index contributed by atoms with van der Waals surface area (Å²) in [5.41, 5.74) is 0.430. The highest BCUT2D eigenvalue weighted by Crippen LogP contribution is 2.13. The van der Waals surface area contributed by atoms with Crippen LogP contribution in [0.25, 0.3) is 10.9 Å². The fourth-order valence-corrected chi connectivity index (χ4v) is 1.97. The quantitative estimate of drug-likeness (QED) is 0.664. The predicted octanol–water partition coefficient (Wildman–Crippen LogP) is 0.283. The number of H-pyrrole nitrogens is 1. The smallest absolute Gasteiger partial charge is 0.262 e. The molecular formula is C12H9N5O2. The van der Waals surface area contributed by atoms with Gasteiger partial charge in [0.25, 0.3) is 5.56 Å². The monoisotopic (exact) mass is 255 g/mol. The number of aryl methyl sites for hydroxylation is 1. The number of hydrogen-bond donors (Lipinski definition) is 1. The first-order chi connectivity index (χ1) is 9.18. The second-order valence-electron chi connectivity index (χ2n) is 4.06. The number of rotatable bonds is 2. The van der Waals surface area contributed by atoms with Crippen molar-refractivity contribution in [2.24, 2.45) is 7.05 Å². The van der Waals surface area contributed by atoms with Crippen LogP contribution in [0.3, 0.4) is 0 Å². The van der Waals surface area contributed by atoms with Gasteiger partial charge in [-0.2, -0.15) is 0 Å². The van der Waals surface area contributed by atoms with E-state index in [0.29, 0.717) is 0 Å². The van der Waals surface area contributed by atoms with Gasteiger partial charge in [-0.15, -0.1) is 5.10 Å². The van der Waals surface area contributed by atoms with E-state index in [1.54, 1.807) is 13.1 Å². The average molecular weight is 255 g/mol. The third kappa shape index (κ3) is 1.71. The number of para-hydroxylation sites is 1. The van der Waals surface area contributed by atoms with E-state index < -0.39 is 5.78 Å². The van der Waals surface area contributed by atoms with E-state index in [1.807, 2.05) is 24.3 Å². The molecule has 0 aliphatic carbocycles. The van der Waals surface area contributed by atoms with E-state index in [9.17, 15) is 9.59 Å². The van der Waals surface area contributed by atoms with Gasteiger partial charge in [0, 0.05) is 7.05 Å². The molecule has 94 valence electrons. The Morgan fingerprint density at radius 3 is 2.84 bits per heavy atom. The van der Waals surface area contributed by atoms with Gasteiger partial charge in [0.15, 0.2) is 0 Å². The van der Waals surface area contributed by atoms with Gasteiger partial charge in [0.1, 0.15) is 0 Å². The molecular weight excluding hydrogens is 246 g/mol. The zero-order chi connectivity index (χ0) is 13.4. The van der Waals surface area contributed by atoms with Crippen LogP contribution in [0.5, 0.6) is 0 Å². The van der Waals surface area contributed by atoms with E-state index in [2.05, 4.69) is 20.6 Å². The molecule has 0 aliphatic heterocycles. The Morgan fingerprint density at radius 2 is 2.11 bits per heavy atom. The van der Waals surface area contributed by atoms with Crippen molar-refractivity contribution in [3.8, 4) is 0 Å². The number of fused-ring (bicyclic) bond motifs is 1. The van der Waals surface area contributed by atoms with E-state index in [0.717, 1.165) is 10.9 Å². The number of ketones is 1. The van der Waals surface area contributed by atoms with Crippen molar-refractivity contribution >= 4 is 16.7 Å². The summed E-state index contributed by atoms with van der Waals surface area (Å²) in [5, 5.41) is 13.4. The highest BCUT2D eigenvalue weighted by molar-refractivity contribution is 6.07. The zero-order valence-corrected chi connectivity index (χ0v) is 9.99. The van der Waals surface area contributed by atoms with Crippen molar-refractivity contribution < 1.29 is 4.79 Å². The van der Waals surface area contributed by atoms with Gasteiger partial charge in [-0.3, -0.25) is 9.59 Å². The molecule has 7 nitrogen and oxygen atoms in total. The number of aromatic amines is 1. The van der Waals surface area contributed by atoms with Gasteiger partial charge in [-0.25, -0.2) is 5.10 Å². The van der Waals surface area contributed by atoms with Gasteiger partial charge in [-0.05, 0) is 27.9 Å². The van der Waals surface area contributed by atoms with Crippen LogP contribution in [-0.2, 0) is 7.05 Å². The number of benzene rings is 1. The summed E-state index contributed by atoms with van der Waals surface area (Å²) < 4.78 is 1.44. The van der Waals surface area contributed by atoms with Crippen molar-refractivity contribution in [2.75, 3.05) is 0 Å². The molecule has 0 saturated carbocycles. The summed E-state index contributed by atoms with van der Waals surface area (Å²) in [7, 11) is 1.63. The van der Waals surface area contributed by atoms with Crippen LogP contribution in [0.2, 0.25) is 0 Å². The lowest BCUT2D eigenvalue weighted by atomic mass is 10.1. The Bertz CT molecular complexity index is 820. The third-order valence-corrected chi connectivity index (χ3v) is 2.94. The van der Waals surface area contributed by atoms with Crippen LogP contribution in [0, 0.1) is 0 Å². The van der Waals surface area contributed by atoms with Gasteiger partial charge in [0.05, 0.1) is 11.1 Å². The minimum absolute atomic E-state index is 0.0414. The molecule has 3 rings (SSSR count). The molecule has 1 N–H and O–H groups in total. The molecule has 0 aliphatic rings. The summed E-state index contributed by atoms with van der Waals surface area (Å²) in [6.45, 7) is 0. The fraction of sp³-hybridized carbons (Fsp3) is 0.0833. The van der Waals surface area contributed by atoms with E-state index >= 15 is 0 Å². The van der Waals surface area contributed by atoms with Crippen molar-refractivity contribution in [1.29, 1.82) is 0 Å². The highest BCUT2D eigenvalue weighted by atomic mass is 16.1. The topological polar surface area (TPSA) is 93.5 Å². The summed E-state index contributed by atoms with van der Waals surface area (Å²) in [6.07, 6.45) is 0. The minimum atomic E-state index is -0.517. The molecule has 7 heteroatoms. The van der Waals surface area contributed by atoms with Crippen molar-refractivity contribution in [3.05, 3.63) is 52.1 Å². The first-order valence-electron chi connectivity index (χ1n) is 5.55. The molecule has 0 saturated heterocycles. The SMILES string of the molecule is Cn1c(=O)c(C(=O)c2nnn[nH]2)cc2ccccc21. The van der Waals surface area contributed by atoms with Gasteiger partial charge in [-0.1, -0.05) is 18.2 Å². The minimum Gasteiger partial charge on any atom is -0.311 e. The molecule has 2 heterocycles. The van der Waals surface area contributed by atoms with Crippen LogP contribution >= 0.6 is 0 Å². The zero-order valence-electron chi connectivity index (χ0n) is 9.99. The Morgan fingerprint density at radius 1 is 1.32 bits per heavy atom. The number of pyridine rings is 1. The molecule has 19 heavy (non-hydrogen) atoms. The molecule has 3 aromatic rings. The lowest BCUT2D eigenvalue weighted by molar-refractivity contribution is 0.102. The second kappa shape index (κ2) is 4.13. The Balaban J connectivity index is 2.28. The van der Waals surface area contributed by atoms with Crippen LogP contribution in [0.1, 0.15) is 16.2 Å². The van der Waals surface area contributed by atoms with Crippen LogP contribution in [0.4, 0.5) is 0 Å². The highest BCUT2D eigenvalue weighted by Gasteiger charge is 2.18. The number of aromatic nitrogens is 5. The lowest BCUT2D eigenvalue weighted by Crippen LogP contribution is -2.25. The maximum atomic E-state index is 12.2. The van der Waals surface area contributed by atoms with Crippen molar-refractivity contribution in [1.82, 2.24) is 25.2 Å². The molecule has 0 atom stereocenters. The molecule has 1 aromatic carbocycles. The number of carbonyl (C=O) groups is 1. The molecule has 0 fully saturated rings. The average Bonchev–Trinajstić information content (AvgIpc) is 2.96. The summed E-state index contributed by atoms with van der Waals surface area (Å²) in [6, 6.07) is 8.90. The van der Waals surface area contributed by atoms with Crippen molar-refractivity contribution in [2.45, 2.75) is 0 Å². The molecule has 0 bridgehead atoms.